The molecule has 0 aliphatic heterocycles. The molecule has 1 aromatic heterocycles. The van der Waals surface area contributed by atoms with Gasteiger partial charge in [-0.05, 0) is 43.4 Å². The summed E-state index contributed by atoms with van der Waals surface area (Å²) in [4.78, 5) is 4.27. The summed E-state index contributed by atoms with van der Waals surface area (Å²) in [6, 6.07) is 4.54. The van der Waals surface area contributed by atoms with Crippen molar-refractivity contribution in [1.29, 1.82) is 0 Å². The third-order valence-corrected chi connectivity index (χ3v) is 2.58. The molecule has 0 bridgehead atoms. The standard InChI is InChI=1S/C11H17N3/c1-8(7-12)14-11-6-10(4-5-13-11)9-2-3-9/h4-6,8-9H,2-3,7,12H2,1H3,(H,13,14). The number of rotatable bonds is 4. The molecule has 1 unspecified atom stereocenters. The van der Waals surface area contributed by atoms with Crippen LogP contribution in [0.5, 0.6) is 0 Å². The third kappa shape index (κ3) is 2.23. The highest BCUT2D eigenvalue weighted by Crippen LogP contribution is 2.40. The largest absolute Gasteiger partial charge is 0.366 e. The van der Waals surface area contributed by atoms with Gasteiger partial charge in [-0.25, -0.2) is 4.98 Å². The summed E-state index contributed by atoms with van der Waals surface area (Å²) in [5.74, 6) is 1.74. The molecule has 0 saturated heterocycles. The van der Waals surface area contributed by atoms with Gasteiger partial charge in [0.15, 0.2) is 0 Å². The Hall–Kier alpha value is -1.09. The van der Waals surface area contributed by atoms with E-state index < -0.39 is 0 Å². The van der Waals surface area contributed by atoms with Crippen LogP contribution in [0.1, 0.15) is 31.2 Å². The number of nitrogens with two attached hydrogens (primary N) is 1. The van der Waals surface area contributed by atoms with E-state index in [1.165, 1.54) is 18.4 Å². The Balaban J connectivity index is 2.05. The van der Waals surface area contributed by atoms with E-state index in [0.29, 0.717) is 6.54 Å². The zero-order valence-electron chi connectivity index (χ0n) is 8.53. The molecule has 3 heteroatoms. The van der Waals surface area contributed by atoms with Gasteiger partial charge in [0.05, 0.1) is 0 Å². The van der Waals surface area contributed by atoms with Crippen molar-refractivity contribution in [3.8, 4) is 0 Å². The number of hydrogen-bond donors (Lipinski definition) is 2. The fourth-order valence-electron chi connectivity index (χ4n) is 1.51. The van der Waals surface area contributed by atoms with Gasteiger partial charge < -0.3 is 11.1 Å². The first-order valence-corrected chi connectivity index (χ1v) is 5.22. The average Bonchev–Trinajstić information content (AvgIpc) is 3.01. The monoisotopic (exact) mass is 191 g/mol. The first-order valence-electron chi connectivity index (χ1n) is 5.22. The molecular weight excluding hydrogens is 174 g/mol. The molecule has 76 valence electrons. The summed E-state index contributed by atoms with van der Waals surface area (Å²) in [6.07, 6.45) is 4.53. The summed E-state index contributed by atoms with van der Waals surface area (Å²) in [6.45, 7) is 2.70. The van der Waals surface area contributed by atoms with Crippen LogP contribution in [0.25, 0.3) is 0 Å². The third-order valence-electron chi connectivity index (χ3n) is 2.58. The van der Waals surface area contributed by atoms with E-state index in [9.17, 15) is 0 Å². The lowest BCUT2D eigenvalue weighted by Crippen LogP contribution is -2.25. The second-order valence-electron chi connectivity index (χ2n) is 4.03. The first-order chi connectivity index (χ1) is 6.79. The molecule has 1 aromatic rings. The molecule has 14 heavy (non-hydrogen) atoms. The summed E-state index contributed by atoms with van der Waals surface area (Å²) in [7, 11) is 0. The molecule has 1 atom stereocenters. The van der Waals surface area contributed by atoms with Crippen LogP contribution in [0.2, 0.25) is 0 Å². The molecule has 1 heterocycles. The minimum Gasteiger partial charge on any atom is -0.366 e. The summed E-state index contributed by atoms with van der Waals surface area (Å²) in [5.41, 5.74) is 6.95. The molecule has 2 rings (SSSR count). The molecule has 1 fully saturated rings. The number of nitrogens with zero attached hydrogens (tertiary/aromatic N) is 1. The van der Waals surface area contributed by atoms with Crippen LogP contribution in [0, 0.1) is 0 Å². The highest BCUT2D eigenvalue weighted by molar-refractivity contribution is 5.40. The Morgan fingerprint density at radius 3 is 3.07 bits per heavy atom. The van der Waals surface area contributed by atoms with Crippen molar-refractivity contribution in [2.24, 2.45) is 5.73 Å². The number of hydrogen-bond acceptors (Lipinski definition) is 3. The number of pyridine rings is 1. The fourth-order valence-corrected chi connectivity index (χ4v) is 1.51. The number of nitrogens with one attached hydrogen (secondary N) is 1. The average molecular weight is 191 g/mol. The zero-order chi connectivity index (χ0) is 9.97. The van der Waals surface area contributed by atoms with Crippen LogP contribution in [0.15, 0.2) is 18.3 Å². The summed E-state index contributed by atoms with van der Waals surface area (Å²) < 4.78 is 0. The SMILES string of the molecule is CC(CN)Nc1cc(C2CC2)ccn1. The molecular formula is C11H17N3. The van der Waals surface area contributed by atoms with Crippen molar-refractivity contribution in [2.45, 2.75) is 31.7 Å². The Bertz CT molecular complexity index is 307. The first kappa shape index (κ1) is 9.46. The van der Waals surface area contributed by atoms with Crippen molar-refractivity contribution < 1.29 is 0 Å². The Kier molecular flexibility index (Phi) is 2.68. The molecule has 1 aliphatic rings. The molecule has 0 spiro atoms. The number of anilines is 1. The molecule has 0 radical (unpaired) electrons. The van der Waals surface area contributed by atoms with Gasteiger partial charge in [-0.2, -0.15) is 0 Å². The molecule has 1 saturated carbocycles. The normalized spacial score (nSPS) is 17.9. The summed E-state index contributed by atoms with van der Waals surface area (Å²) >= 11 is 0. The van der Waals surface area contributed by atoms with E-state index in [2.05, 4.69) is 29.4 Å². The van der Waals surface area contributed by atoms with E-state index in [0.717, 1.165) is 11.7 Å². The maximum absolute atomic E-state index is 5.54. The van der Waals surface area contributed by atoms with Gasteiger partial charge in [0.25, 0.3) is 0 Å². The second kappa shape index (κ2) is 3.96. The predicted octanol–water partition coefficient (Wildman–Crippen LogP) is 1.72. The zero-order valence-corrected chi connectivity index (χ0v) is 8.53. The van der Waals surface area contributed by atoms with Gasteiger partial charge in [0.2, 0.25) is 0 Å². The van der Waals surface area contributed by atoms with Gasteiger partial charge in [-0.1, -0.05) is 0 Å². The van der Waals surface area contributed by atoms with Gasteiger partial charge in [0.1, 0.15) is 5.82 Å². The molecule has 0 amide bonds. The van der Waals surface area contributed by atoms with Gasteiger partial charge in [-0.15, -0.1) is 0 Å². The van der Waals surface area contributed by atoms with Crippen LogP contribution in [0.4, 0.5) is 5.82 Å². The molecule has 0 aromatic carbocycles. The lowest BCUT2D eigenvalue weighted by atomic mass is 10.2. The fraction of sp³-hybridized carbons (Fsp3) is 0.545. The van der Waals surface area contributed by atoms with Crippen molar-refractivity contribution in [3.63, 3.8) is 0 Å². The van der Waals surface area contributed by atoms with Crippen molar-refractivity contribution in [1.82, 2.24) is 4.98 Å². The quantitative estimate of drug-likeness (QED) is 0.762. The molecule has 3 N–H and O–H groups in total. The van der Waals surface area contributed by atoms with Gasteiger partial charge >= 0.3 is 0 Å². The Labute approximate surface area is 84.7 Å². The lowest BCUT2D eigenvalue weighted by molar-refractivity contribution is 0.797. The van der Waals surface area contributed by atoms with E-state index in [-0.39, 0.29) is 6.04 Å². The summed E-state index contributed by atoms with van der Waals surface area (Å²) in [5, 5.41) is 3.28. The van der Waals surface area contributed by atoms with Gasteiger partial charge in [0, 0.05) is 18.8 Å². The minimum absolute atomic E-state index is 0.289. The van der Waals surface area contributed by atoms with E-state index in [4.69, 9.17) is 5.73 Å². The predicted molar refractivity (Wildman–Crippen MR) is 58.4 cm³/mol. The van der Waals surface area contributed by atoms with E-state index in [1.54, 1.807) is 0 Å². The lowest BCUT2D eigenvalue weighted by Gasteiger charge is -2.12. The van der Waals surface area contributed by atoms with E-state index >= 15 is 0 Å². The smallest absolute Gasteiger partial charge is 0.126 e. The van der Waals surface area contributed by atoms with Crippen molar-refractivity contribution >= 4 is 5.82 Å². The Morgan fingerprint density at radius 2 is 2.43 bits per heavy atom. The van der Waals surface area contributed by atoms with Crippen molar-refractivity contribution in [2.75, 3.05) is 11.9 Å². The van der Waals surface area contributed by atoms with Crippen LogP contribution >= 0.6 is 0 Å². The highest BCUT2D eigenvalue weighted by atomic mass is 15.0. The second-order valence-corrected chi connectivity index (χ2v) is 4.03. The maximum Gasteiger partial charge on any atom is 0.126 e. The minimum atomic E-state index is 0.289. The molecule has 3 nitrogen and oxygen atoms in total. The van der Waals surface area contributed by atoms with Crippen LogP contribution in [-0.4, -0.2) is 17.6 Å². The highest BCUT2D eigenvalue weighted by Gasteiger charge is 2.23. The maximum atomic E-state index is 5.54. The van der Waals surface area contributed by atoms with Gasteiger partial charge in [-0.3, -0.25) is 0 Å². The van der Waals surface area contributed by atoms with Crippen LogP contribution < -0.4 is 11.1 Å². The van der Waals surface area contributed by atoms with Crippen LogP contribution in [-0.2, 0) is 0 Å². The number of aromatic nitrogens is 1. The van der Waals surface area contributed by atoms with Crippen molar-refractivity contribution in [3.05, 3.63) is 23.9 Å². The van der Waals surface area contributed by atoms with E-state index in [1.807, 2.05) is 6.20 Å². The topological polar surface area (TPSA) is 50.9 Å². The van der Waals surface area contributed by atoms with Crippen LogP contribution in [0.3, 0.4) is 0 Å². The molecule has 1 aliphatic carbocycles. The Morgan fingerprint density at radius 1 is 1.64 bits per heavy atom.